The van der Waals surface area contributed by atoms with E-state index in [0.29, 0.717) is 38.5 Å². The zero-order valence-corrected chi connectivity index (χ0v) is 21.4. The Morgan fingerprint density at radius 1 is 1.05 bits per heavy atom. The highest BCUT2D eigenvalue weighted by atomic mass is 16.5. The molecule has 1 spiro atoms. The molecular weight excluding hydrogens is 462 g/mol. The number of hydrogen-bond donors (Lipinski definition) is 2. The Kier molecular flexibility index (Phi) is 5.75. The fraction of sp³-hybridized carbons (Fsp3) is 0.500. The lowest BCUT2D eigenvalue weighted by atomic mass is 9.87. The smallest absolute Gasteiger partial charge is 0.270 e. The predicted molar refractivity (Wildman–Crippen MR) is 144 cm³/mol. The number of ether oxygens (including phenoxy) is 1. The minimum Gasteiger partial charge on any atom is -0.375 e. The lowest BCUT2D eigenvalue weighted by Crippen LogP contribution is -2.51. The van der Waals surface area contributed by atoms with Crippen LogP contribution in [0.5, 0.6) is 0 Å². The average Bonchev–Trinajstić information content (AvgIpc) is 3.55. The first-order chi connectivity index (χ1) is 18.5. The Balaban J connectivity index is 1.05. The van der Waals surface area contributed by atoms with Crippen LogP contribution >= 0.6 is 0 Å². The molecule has 3 saturated heterocycles. The van der Waals surface area contributed by atoms with Crippen molar-refractivity contribution in [2.75, 3.05) is 39.3 Å². The van der Waals surface area contributed by atoms with Gasteiger partial charge in [0.2, 0.25) is 0 Å². The summed E-state index contributed by atoms with van der Waals surface area (Å²) >= 11 is 0. The van der Waals surface area contributed by atoms with E-state index < -0.39 is 6.02 Å². The molecule has 0 bridgehead atoms. The van der Waals surface area contributed by atoms with Gasteiger partial charge in [-0.2, -0.15) is 0 Å². The van der Waals surface area contributed by atoms with Crippen LogP contribution in [0.3, 0.4) is 0 Å². The van der Waals surface area contributed by atoms with Gasteiger partial charge >= 0.3 is 0 Å². The van der Waals surface area contributed by atoms with Gasteiger partial charge in [-0.05, 0) is 43.4 Å². The lowest BCUT2D eigenvalue weighted by molar-refractivity contribution is 0.0545. The third-order valence-corrected chi connectivity index (χ3v) is 9.03. The maximum absolute atomic E-state index is 13.5. The van der Waals surface area contributed by atoms with E-state index in [9.17, 15) is 6.17 Å². The molecule has 7 rings (SSSR count). The quantitative estimate of drug-likeness (QED) is 0.506. The van der Waals surface area contributed by atoms with Crippen LogP contribution in [0.2, 0.25) is 0 Å². The summed E-state index contributed by atoms with van der Waals surface area (Å²) in [6.07, 6.45) is 4.36. The average molecular weight is 501 g/mol. The molecule has 3 atom stereocenters. The number of nitrogens with zero attached hydrogens (tertiary/aromatic N) is 3. The molecule has 7 heteroatoms. The number of hydrazine groups is 1. The van der Waals surface area contributed by atoms with Gasteiger partial charge in [-0.1, -0.05) is 48.5 Å². The lowest BCUT2D eigenvalue weighted by Gasteiger charge is -2.38. The minimum atomic E-state index is -0.768. The maximum atomic E-state index is 13.5. The first-order valence-corrected chi connectivity index (χ1v) is 13.8. The van der Waals surface area contributed by atoms with Crippen molar-refractivity contribution in [3.63, 3.8) is 0 Å². The molecule has 3 unspecified atom stereocenters. The molecule has 2 N–H and O–H groups in total. The number of para-hydroxylation sites is 1. The third kappa shape index (κ3) is 4.48. The van der Waals surface area contributed by atoms with Crippen molar-refractivity contribution in [2.24, 2.45) is 5.92 Å². The highest BCUT2D eigenvalue weighted by Crippen LogP contribution is 2.48. The molecule has 1 saturated carbocycles. The highest BCUT2D eigenvalue weighted by Gasteiger charge is 2.54. The summed E-state index contributed by atoms with van der Waals surface area (Å²) in [6.45, 7) is 5.02. The summed E-state index contributed by atoms with van der Waals surface area (Å²) in [5.41, 5.74) is 6.74. The standard InChI is InChI=1S/C30H37N5O2/c36-29(27-18-23-8-4-5-9-25(23)31-27)33-14-10-26-24(19-33)28-20-34(30(11-12-30)13-15-35(28)32-26)16-17-37-21-22-6-2-1-3-7-22/h1-9,18,24,26,28,31-32H,10-17,19-21H2/i28D. The van der Waals surface area contributed by atoms with E-state index in [-0.39, 0.29) is 23.4 Å². The monoisotopic (exact) mass is 500 g/mol. The molecule has 0 radical (unpaired) electrons. The molecule has 1 aliphatic carbocycles. The van der Waals surface area contributed by atoms with Crippen LogP contribution in [0.1, 0.15) is 43.1 Å². The summed E-state index contributed by atoms with van der Waals surface area (Å²) in [6, 6.07) is 19.8. The van der Waals surface area contributed by atoms with E-state index in [4.69, 9.17) is 4.74 Å². The SMILES string of the molecule is [2H]C12CN(CCOCc3ccccc3)C3(CCN1NC1CCN(C(=O)c4cc5ccccc5[nH]4)CC12)CC3. The number of likely N-dealkylation sites (tertiary alicyclic amines) is 1. The normalized spacial score (nSPS) is 29.6. The van der Waals surface area contributed by atoms with Crippen LogP contribution in [0.4, 0.5) is 0 Å². The molecule has 37 heavy (non-hydrogen) atoms. The van der Waals surface area contributed by atoms with Crippen LogP contribution in [0.25, 0.3) is 10.9 Å². The number of carbonyl (C=O) groups is 1. The van der Waals surface area contributed by atoms with Gasteiger partial charge in [0.25, 0.3) is 5.91 Å². The minimum absolute atomic E-state index is 0.0418. The van der Waals surface area contributed by atoms with Crippen LogP contribution in [0.15, 0.2) is 60.7 Å². The molecule has 2 aromatic carbocycles. The topological polar surface area (TPSA) is 63.8 Å². The predicted octanol–water partition coefficient (Wildman–Crippen LogP) is 3.64. The van der Waals surface area contributed by atoms with E-state index in [1.54, 1.807) is 0 Å². The zero-order chi connectivity index (χ0) is 25.7. The number of hydrogen-bond acceptors (Lipinski definition) is 5. The van der Waals surface area contributed by atoms with E-state index in [0.717, 1.165) is 36.8 Å². The molecular formula is C30H37N5O2. The van der Waals surface area contributed by atoms with Crippen molar-refractivity contribution in [2.45, 2.75) is 49.9 Å². The summed E-state index contributed by atoms with van der Waals surface area (Å²) in [7, 11) is 0. The number of rotatable bonds is 6. The number of carbonyl (C=O) groups excluding carboxylic acids is 1. The molecule has 3 aromatic rings. The second-order valence-electron chi connectivity index (χ2n) is 11.2. The number of fused-ring (bicyclic) bond motifs is 4. The molecule has 4 fully saturated rings. The second kappa shape index (κ2) is 9.55. The van der Waals surface area contributed by atoms with Gasteiger partial charge in [0, 0.05) is 68.5 Å². The summed E-state index contributed by atoms with van der Waals surface area (Å²) in [4.78, 5) is 21.4. The van der Waals surface area contributed by atoms with Crippen molar-refractivity contribution in [1.29, 1.82) is 0 Å². The summed E-state index contributed by atoms with van der Waals surface area (Å²) < 4.78 is 15.9. The summed E-state index contributed by atoms with van der Waals surface area (Å²) in [5, 5.41) is 3.27. The first kappa shape index (κ1) is 22.3. The van der Waals surface area contributed by atoms with Gasteiger partial charge in [-0.15, -0.1) is 0 Å². The van der Waals surface area contributed by atoms with Crippen LogP contribution in [0, 0.1) is 5.92 Å². The molecule has 1 aromatic heterocycles. The third-order valence-electron chi connectivity index (χ3n) is 9.03. The number of nitrogens with one attached hydrogen (secondary N) is 2. The Morgan fingerprint density at radius 2 is 1.89 bits per heavy atom. The van der Waals surface area contributed by atoms with Gasteiger partial charge < -0.3 is 14.6 Å². The Hall–Kier alpha value is -2.71. The fourth-order valence-corrected chi connectivity index (χ4v) is 6.69. The number of amides is 1. The van der Waals surface area contributed by atoms with Gasteiger partial charge in [-0.25, -0.2) is 5.01 Å². The molecule has 1 amide bonds. The molecule has 3 aliphatic heterocycles. The number of aromatic nitrogens is 1. The van der Waals surface area contributed by atoms with Crippen molar-refractivity contribution in [3.8, 4) is 0 Å². The molecule has 194 valence electrons. The van der Waals surface area contributed by atoms with E-state index in [1.807, 2.05) is 53.4 Å². The Bertz CT molecular complexity index is 1280. The Labute approximate surface area is 220 Å². The van der Waals surface area contributed by atoms with Gasteiger partial charge in [0.15, 0.2) is 0 Å². The van der Waals surface area contributed by atoms with Crippen molar-refractivity contribution >= 4 is 16.8 Å². The van der Waals surface area contributed by atoms with Crippen LogP contribution < -0.4 is 5.43 Å². The van der Waals surface area contributed by atoms with Gasteiger partial charge in [0.1, 0.15) is 5.69 Å². The molecule has 7 nitrogen and oxygen atoms in total. The number of aromatic amines is 1. The number of benzene rings is 2. The fourth-order valence-electron chi connectivity index (χ4n) is 6.69. The molecule has 4 heterocycles. The van der Waals surface area contributed by atoms with E-state index in [1.165, 1.54) is 18.4 Å². The van der Waals surface area contributed by atoms with Crippen LogP contribution in [-0.4, -0.2) is 82.6 Å². The van der Waals surface area contributed by atoms with Crippen molar-refractivity contribution in [1.82, 2.24) is 25.2 Å². The van der Waals surface area contributed by atoms with E-state index >= 15 is 0 Å². The second-order valence-corrected chi connectivity index (χ2v) is 11.2. The largest absolute Gasteiger partial charge is 0.375 e. The zero-order valence-electron chi connectivity index (χ0n) is 22.4. The Morgan fingerprint density at radius 3 is 2.73 bits per heavy atom. The molecule has 4 aliphatic rings. The first-order valence-electron chi connectivity index (χ1n) is 14.3. The maximum Gasteiger partial charge on any atom is 0.270 e. The highest BCUT2D eigenvalue weighted by molar-refractivity contribution is 5.98. The summed E-state index contributed by atoms with van der Waals surface area (Å²) in [5.74, 6) is 0.103. The number of H-pyrrole nitrogens is 1. The van der Waals surface area contributed by atoms with Crippen molar-refractivity contribution in [3.05, 3.63) is 71.9 Å². The van der Waals surface area contributed by atoms with Crippen LogP contribution in [-0.2, 0) is 11.3 Å². The van der Waals surface area contributed by atoms with Crippen molar-refractivity contribution < 1.29 is 10.9 Å². The number of piperidine rings is 1. The van der Waals surface area contributed by atoms with Gasteiger partial charge in [-0.3, -0.25) is 15.1 Å². The van der Waals surface area contributed by atoms with Gasteiger partial charge in [0.05, 0.1) is 13.2 Å². The van der Waals surface area contributed by atoms with E-state index in [2.05, 4.69) is 32.5 Å².